The van der Waals surface area contributed by atoms with Crippen molar-refractivity contribution in [3.8, 4) is 6.07 Å². The molecule has 0 bridgehead atoms. The largest absolute Gasteiger partial charge is 0.386 e. The Morgan fingerprint density at radius 2 is 2.05 bits per heavy atom. The maximum absolute atomic E-state index is 13.6. The van der Waals surface area contributed by atoms with Gasteiger partial charge in [0.05, 0.1) is 11.1 Å². The zero-order valence-electron chi connectivity index (χ0n) is 11.2. The first-order valence-corrected chi connectivity index (χ1v) is 7.09. The maximum Gasteiger partial charge on any atom is 0.142 e. The molecular formula is C17H13ClFNO. The highest BCUT2D eigenvalue weighted by Crippen LogP contribution is 2.47. The highest BCUT2D eigenvalue weighted by molar-refractivity contribution is 6.30. The molecule has 21 heavy (non-hydrogen) atoms. The van der Waals surface area contributed by atoms with E-state index in [1.165, 1.54) is 12.1 Å². The third-order valence-electron chi connectivity index (χ3n) is 4.21. The van der Waals surface area contributed by atoms with Crippen molar-refractivity contribution in [3.05, 3.63) is 70.0 Å². The van der Waals surface area contributed by atoms with E-state index >= 15 is 0 Å². The molecule has 3 rings (SSSR count). The van der Waals surface area contributed by atoms with Crippen molar-refractivity contribution in [2.24, 2.45) is 0 Å². The summed E-state index contributed by atoms with van der Waals surface area (Å²) >= 11 is 5.67. The van der Waals surface area contributed by atoms with Crippen molar-refractivity contribution in [2.75, 3.05) is 0 Å². The lowest BCUT2D eigenvalue weighted by Gasteiger charge is -2.28. The second-order valence-corrected chi connectivity index (χ2v) is 5.72. The van der Waals surface area contributed by atoms with E-state index in [2.05, 4.69) is 6.07 Å². The molecule has 0 amide bonds. The van der Waals surface area contributed by atoms with E-state index in [1.54, 1.807) is 6.07 Å². The van der Waals surface area contributed by atoms with Crippen molar-refractivity contribution in [2.45, 2.75) is 24.4 Å². The number of fused-ring (bicyclic) bond motifs is 1. The lowest BCUT2D eigenvalue weighted by molar-refractivity contribution is 0.110. The Balaban J connectivity index is 2.09. The number of aryl methyl sites for hydroxylation is 1. The van der Waals surface area contributed by atoms with Crippen LogP contribution >= 0.6 is 11.6 Å². The van der Waals surface area contributed by atoms with Crippen LogP contribution in [0.15, 0.2) is 42.5 Å². The molecule has 2 atom stereocenters. The third kappa shape index (κ3) is 2.12. The normalized spacial score (nSPS) is 21.6. The number of nitriles is 1. The molecule has 4 heteroatoms. The van der Waals surface area contributed by atoms with Gasteiger partial charge in [0, 0.05) is 0 Å². The van der Waals surface area contributed by atoms with Gasteiger partial charge in [0.15, 0.2) is 0 Å². The summed E-state index contributed by atoms with van der Waals surface area (Å²) in [6.45, 7) is 0. The van der Waals surface area contributed by atoms with Gasteiger partial charge in [-0.3, -0.25) is 0 Å². The molecule has 2 nitrogen and oxygen atoms in total. The zero-order chi connectivity index (χ0) is 15.0. The fraction of sp³-hybridized carbons (Fsp3) is 0.235. The molecular weight excluding hydrogens is 289 g/mol. The van der Waals surface area contributed by atoms with Gasteiger partial charge >= 0.3 is 0 Å². The van der Waals surface area contributed by atoms with Gasteiger partial charge in [-0.1, -0.05) is 41.9 Å². The molecule has 2 unspecified atom stereocenters. The third-order valence-corrected chi connectivity index (χ3v) is 4.52. The molecule has 1 aliphatic rings. The second-order valence-electron chi connectivity index (χ2n) is 5.32. The number of hydrogen-bond acceptors (Lipinski definition) is 2. The van der Waals surface area contributed by atoms with Crippen molar-refractivity contribution >= 4 is 11.6 Å². The van der Waals surface area contributed by atoms with Crippen LogP contribution in [0.2, 0.25) is 5.02 Å². The van der Waals surface area contributed by atoms with Gasteiger partial charge in [-0.2, -0.15) is 5.26 Å². The summed E-state index contributed by atoms with van der Waals surface area (Å²) < 4.78 is 13.6. The van der Waals surface area contributed by atoms with Gasteiger partial charge in [-0.25, -0.2) is 4.39 Å². The van der Waals surface area contributed by atoms with E-state index in [0.29, 0.717) is 12.0 Å². The van der Waals surface area contributed by atoms with E-state index < -0.39 is 17.3 Å². The van der Waals surface area contributed by atoms with Gasteiger partial charge < -0.3 is 5.11 Å². The first kappa shape index (κ1) is 14.1. The van der Waals surface area contributed by atoms with Crippen molar-refractivity contribution in [1.29, 1.82) is 5.26 Å². The molecule has 0 radical (unpaired) electrons. The Morgan fingerprint density at radius 1 is 1.29 bits per heavy atom. The Morgan fingerprint density at radius 3 is 2.76 bits per heavy atom. The number of rotatable bonds is 2. The average Bonchev–Trinajstić information content (AvgIpc) is 2.89. The maximum atomic E-state index is 13.6. The van der Waals surface area contributed by atoms with Crippen LogP contribution in [0.4, 0.5) is 4.39 Å². The van der Waals surface area contributed by atoms with Crippen LogP contribution in [0.3, 0.4) is 0 Å². The summed E-state index contributed by atoms with van der Waals surface area (Å²) in [7, 11) is 0. The minimum absolute atomic E-state index is 0.00350. The van der Waals surface area contributed by atoms with E-state index in [0.717, 1.165) is 17.5 Å². The summed E-state index contributed by atoms with van der Waals surface area (Å²) in [6, 6.07) is 14.0. The minimum Gasteiger partial charge on any atom is -0.386 e. The monoisotopic (exact) mass is 301 g/mol. The van der Waals surface area contributed by atoms with Crippen molar-refractivity contribution in [3.63, 3.8) is 0 Å². The van der Waals surface area contributed by atoms with E-state index in [4.69, 9.17) is 11.6 Å². The van der Waals surface area contributed by atoms with Gasteiger partial charge in [0.2, 0.25) is 0 Å². The van der Waals surface area contributed by atoms with Crippen LogP contribution in [-0.4, -0.2) is 5.11 Å². The Hall–Kier alpha value is -1.89. The quantitative estimate of drug-likeness (QED) is 0.913. The number of nitrogens with zero attached hydrogens (tertiary/aromatic N) is 1. The zero-order valence-corrected chi connectivity index (χ0v) is 11.9. The standard InChI is InChI=1S/C17H13ClFNO/c18-14-6-5-12(9-15(14)19)16(21)17(10-20)8-7-11-3-1-2-4-13(11)17/h1-6,9,16,21H,7-8H2. The van der Waals surface area contributed by atoms with E-state index in [1.807, 2.05) is 24.3 Å². The molecule has 1 aliphatic carbocycles. The Bertz CT molecular complexity index is 740. The van der Waals surface area contributed by atoms with Gasteiger partial charge in [-0.15, -0.1) is 0 Å². The predicted octanol–water partition coefficient (Wildman–Crippen LogP) is 3.92. The van der Waals surface area contributed by atoms with Crippen molar-refractivity contribution in [1.82, 2.24) is 0 Å². The lowest BCUT2D eigenvalue weighted by atomic mass is 9.75. The van der Waals surface area contributed by atoms with Crippen LogP contribution in [0.25, 0.3) is 0 Å². The molecule has 1 N–H and O–H groups in total. The average molecular weight is 302 g/mol. The highest BCUT2D eigenvalue weighted by Gasteiger charge is 2.45. The number of aliphatic hydroxyl groups is 1. The molecule has 2 aromatic carbocycles. The fourth-order valence-electron chi connectivity index (χ4n) is 3.07. The SMILES string of the molecule is N#CC1(C(O)c2ccc(Cl)c(F)c2)CCc2ccccc21. The van der Waals surface area contributed by atoms with Crippen LogP contribution in [-0.2, 0) is 11.8 Å². The van der Waals surface area contributed by atoms with Crippen LogP contribution < -0.4 is 0 Å². The fourth-order valence-corrected chi connectivity index (χ4v) is 3.19. The number of benzene rings is 2. The van der Waals surface area contributed by atoms with Gasteiger partial charge in [-0.05, 0) is 41.7 Å². The molecule has 0 heterocycles. The summed E-state index contributed by atoms with van der Waals surface area (Å²) in [5, 5.41) is 20.4. The predicted molar refractivity (Wildman–Crippen MR) is 78.4 cm³/mol. The molecule has 106 valence electrons. The summed E-state index contributed by atoms with van der Waals surface area (Å²) in [4.78, 5) is 0. The number of aliphatic hydroxyl groups excluding tert-OH is 1. The minimum atomic E-state index is -1.09. The first-order valence-electron chi connectivity index (χ1n) is 6.71. The smallest absolute Gasteiger partial charge is 0.142 e. The highest BCUT2D eigenvalue weighted by atomic mass is 35.5. The summed E-state index contributed by atoms with van der Waals surface area (Å²) in [6.07, 6.45) is 0.170. The molecule has 0 saturated heterocycles. The topological polar surface area (TPSA) is 44.0 Å². The van der Waals surface area contributed by atoms with E-state index in [-0.39, 0.29) is 5.02 Å². The lowest BCUT2D eigenvalue weighted by Crippen LogP contribution is -2.29. The molecule has 0 saturated carbocycles. The van der Waals surface area contributed by atoms with Gasteiger partial charge in [0.1, 0.15) is 17.3 Å². The summed E-state index contributed by atoms with van der Waals surface area (Å²) in [5.74, 6) is -0.590. The Kier molecular flexibility index (Phi) is 3.44. The van der Waals surface area contributed by atoms with Crippen LogP contribution in [0, 0.1) is 17.1 Å². The molecule has 0 spiro atoms. The van der Waals surface area contributed by atoms with Crippen molar-refractivity contribution < 1.29 is 9.50 Å². The first-order chi connectivity index (χ1) is 10.1. The molecule has 0 aromatic heterocycles. The van der Waals surface area contributed by atoms with Gasteiger partial charge in [0.25, 0.3) is 0 Å². The number of hydrogen-bond donors (Lipinski definition) is 1. The van der Waals surface area contributed by atoms with Crippen LogP contribution in [0.5, 0.6) is 0 Å². The number of halogens is 2. The Labute approximate surface area is 127 Å². The van der Waals surface area contributed by atoms with E-state index in [9.17, 15) is 14.8 Å². The molecule has 2 aromatic rings. The molecule has 0 aliphatic heterocycles. The summed E-state index contributed by atoms with van der Waals surface area (Å²) in [5.41, 5.74) is 1.23. The second kappa shape index (κ2) is 5.14. The van der Waals surface area contributed by atoms with Crippen LogP contribution in [0.1, 0.15) is 29.2 Å². The molecule has 0 fully saturated rings.